The Balaban J connectivity index is 2.96. The van der Waals surface area contributed by atoms with Crippen LogP contribution in [0.4, 0.5) is 0 Å². The molecule has 0 aliphatic rings. The molecule has 0 spiro atoms. The van der Waals surface area contributed by atoms with Crippen LogP contribution in [-0.4, -0.2) is 6.54 Å². The maximum atomic E-state index is 5.32. The van der Waals surface area contributed by atoms with Crippen molar-refractivity contribution in [3.63, 3.8) is 0 Å². The fraction of sp³-hybridized carbons (Fsp3) is 0.818. The molecule has 0 bridgehead atoms. The van der Waals surface area contributed by atoms with Gasteiger partial charge in [0.1, 0.15) is 0 Å². The molecule has 72 valence electrons. The summed E-state index contributed by atoms with van der Waals surface area (Å²) in [6, 6.07) is 0. The second kappa shape index (κ2) is 8.79. The normalized spacial score (nSPS) is 11.7. The van der Waals surface area contributed by atoms with Crippen LogP contribution in [0.3, 0.4) is 0 Å². The fourth-order valence-electron chi connectivity index (χ4n) is 1.21. The van der Waals surface area contributed by atoms with E-state index in [1.54, 1.807) is 0 Å². The van der Waals surface area contributed by atoms with E-state index in [0.717, 1.165) is 5.92 Å². The molecule has 0 aromatic rings. The lowest BCUT2D eigenvalue weighted by Gasteiger charge is -2.02. The first kappa shape index (κ1) is 11.7. The molecule has 0 aromatic heterocycles. The van der Waals surface area contributed by atoms with E-state index in [4.69, 9.17) is 5.73 Å². The third kappa shape index (κ3) is 9.70. The molecule has 0 atom stereocenters. The van der Waals surface area contributed by atoms with Gasteiger partial charge in [0.15, 0.2) is 0 Å². The summed E-state index contributed by atoms with van der Waals surface area (Å²) in [5, 5.41) is 0. The molecule has 0 aliphatic heterocycles. The van der Waals surface area contributed by atoms with Crippen molar-refractivity contribution < 1.29 is 0 Å². The second-order valence-electron chi connectivity index (χ2n) is 3.74. The Morgan fingerprint density at radius 1 is 1.08 bits per heavy atom. The van der Waals surface area contributed by atoms with E-state index in [2.05, 4.69) is 19.9 Å². The lowest BCUT2D eigenvalue weighted by atomic mass is 10.0. The highest BCUT2D eigenvalue weighted by Gasteiger charge is 1.92. The third-order valence-corrected chi connectivity index (χ3v) is 1.96. The molecule has 12 heavy (non-hydrogen) atoms. The van der Waals surface area contributed by atoms with Gasteiger partial charge >= 0.3 is 0 Å². The molecule has 0 fully saturated rings. The van der Waals surface area contributed by atoms with Crippen molar-refractivity contribution in [1.82, 2.24) is 0 Å². The highest BCUT2D eigenvalue weighted by molar-refractivity contribution is 4.81. The van der Waals surface area contributed by atoms with Crippen molar-refractivity contribution >= 4 is 0 Å². The van der Waals surface area contributed by atoms with E-state index >= 15 is 0 Å². The minimum atomic E-state index is 0.687. The van der Waals surface area contributed by atoms with E-state index in [9.17, 15) is 0 Å². The molecule has 0 saturated carbocycles. The van der Waals surface area contributed by atoms with Gasteiger partial charge in [0.2, 0.25) is 0 Å². The zero-order chi connectivity index (χ0) is 9.23. The van der Waals surface area contributed by atoms with Gasteiger partial charge in [-0.3, -0.25) is 0 Å². The van der Waals surface area contributed by atoms with Gasteiger partial charge in [0.05, 0.1) is 0 Å². The Labute approximate surface area is 77.0 Å². The van der Waals surface area contributed by atoms with Crippen LogP contribution < -0.4 is 5.73 Å². The molecular weight excluding hydrogens is 146 g/mol. The average molecular weight is 169 g/mol. The van der Waals surface area contributed by atoms with Gasteiger partial charge in [-0.1, -0.05) is 45.3 Å². The van der Waals surface area contributed by atoms with Crippen LogP contribution in [0.1, 0.15) is 46.0 Å². The molecule has 0 rings (SSSR count). The van der Waals surface area contributed by atoms with Crippen molar-refractivity contribution in [2.45, 2.75) is 46.0 Å². The minimum absolute atomic E-state index is 0.687. The molecule has 1 heteroatoms. The van der Waals surface area contributed by atoms with Crippen LogP contribution in [-0.2, 0) is 0 Å². The lowest BCUT2D eigenvalue weighted by molar-refractivity contribution is 0.528. The molecule has 2 N–H and O–H groups in total. The third-order valence-electron chi connectivity index (χ3n) is 1.96. The molecule has 1 nitrogen and oxygen atoms in total. The molecule has 0 saturated heterocycles. The predicted octanol–water partition coefficient (Wildman–Crippen LogP) is 3.11. The Hall–Kier alpha value is -0.300. The summed E-state index contributed by atoms with van der Waals surface area (Å²) >= 11 is 0. The lowest BCUT2D eigenvalue weighted by Crippen LogP contribution is -1.92. The summed E-state index contributed by atoms with van der Waals surface area (Å²) in [6.07, 6.45) is 10.9. The molecule has 0 aliphatic carbocycles. The molecule has 0 unspecified atom stereocenters. The van der Waals surface area contributed by atoms with E-state index in [1.807, 2.05) is 6.08 Å². The van der Waals surface area contributed by atoms with Crippen molar-refractivity contribution in [3.05, 3.63) is 12.2 Å². The molecule has 0 heterocycles. The maximum Gasteiger partial charge on any atom is 0.0106 e. The Morgan fingerprint density at radius 2 is 1.83 bits per heavy atom. The van der Waals surface area contributed by atoms with E-state index in [-0.39, 0.29) is 0 Å². The highest BCUT2D eigenvalue weighted by Crippen LogP contribution is 2.09. The smallest absolute Gasteiger partial charge is 0.0106 e. The van der Waals surface area contributed by atoms with Gasteiger partial charge < -0.3 is 5.73 Å². The van der Waals surface area contributed by atoms with Crippen LogP contribution in [0.25, 0.3) is 0 Å². The van der Waals surface area contributed by atoms with Crippen molar-refractivity contribution in [2.24, 2.45) is 11.7 Å². The summed E-state index contributed by atoms with van der Waals surface area (Å²) in [6.45, 7) is 5.26. The highest BCUT2D eigenvalue weighted by atomic mass is 14.5. The number of allylic oxidation sites excluding steroid dienone is 1. The fourth-order valence-corrected chi connectivity index (χ4v) is 1.21. The first-order valence-electron chi connectivity index (χ1n) is 5.12. The Kier molecular flexibility index (Phi) is 8.57. The van der Waals surface area contributed by atoms with E-state index in [0.29, 0.717) is 6.54 Å². The first-order valence-corrected chi connectivity index (χ1v) is 5.12. The molecule has 0 amide bonds. The zero-order valence-corrected chi connectivity index (χ0v) is 8.55. The van der Waals surface area contributed by atoms with Gasteiger partial charge in [-0.05, 0) is 18.8 Å². The Morgan fingerprint density at radius 3 is 2.42 bits per heavy atom. The largest absolute Gasteiger partial charge is 0.327 e. The van der Waals surface area contributed by atoms with Crippen molar-refractivity contribution in [3.8, 4) is 0 Å². The number of hydrogen-bond acceptors (Lipinski definition) is 1. The summed E-state index contributed by atoms with van der Waals surface area (Å²) in [5.74, 6) is 0.865. The maximum absolute atomic E-state index is 5.32. The van der Waals surface area contributed by atoms with Crippen LogP contribution in [0.5, 0.6) is 0 Å². The van der Waals surface area contributed by atoms with Gasteiger partial charge in [0, 0.05) is 6.54 Å². The quantitative estimate of drug-likeness (QED) is 0.460. The zero-order valence-electron chi connectivity index (χ0n) is 8.55. The molecule has 0 aromatic carbocycles. The number of rotatable bonds is 7. The van der Waals surface area contributed by atoms with Crippen molar-refractivity contribution in [2.75, 3.05) is 6.54 Å². The van der Waals surface area contributed by atoms with Crippen LogP contribution in [0, 0.1) is 5.92 Å². The average Bonchev–Trinajstić information content (AvgIpc) is 2.02. The summed E-state index contributed by atoms with van der Waals surface area (Å²) in [7, 11) is 0. The van der Waals surface area contributed by atoms with Gasteiger partial charge in [-0.15, -0.1) is 0 Å². The summed E-state index contributed by atoms with van der Waals surface area (Å²) in [5.41, 5.74) is 5.32. The second-order valence-corrected chi connectivity index (χ2v) is 3.74. The number of nitrogens with two attached hydrogens (primary N) is 1. The van der Waals surface area contributed by atoms with Gasteiger partial charge in [-0.2, -0.15) is 0 Å². The number of hydrogen-bond donors (Lipinski definition) is 1. The van der Waals surface area contributed by atoms with E-state index < -0.39 is 0 Å². The monoisotopic (exact) mass is 169 g/mol. The van der Waals surface area contributed by atoms with Gasteiger partial charge in [0.25, 0.3) is 0 Å². The topological polar surface area (TPSA) is 26.0 Å². The summed E-state index contributed by atoms with van der Waals surface area (Å²) < 4.78 is 0. The summed E-state index contributed by atoms with van der Waals surface area (Å²) in [4.78, 5) is 0. The van der Waals surface area contributed by atoms with Crippen LogP contribution in [0.15, 0.2) is 12.2 Å². The van der Waals surface area contributed by atoms with Crippen LogP contribution in [0.2, 0.25) is 0 Å². The predicted molar refractivity (Wildman–Crippen MR) is 56.1 cm³/mol. The standard InChI is InChI=1S/C11H23N/c1-11(2)9-7-5-3-4-6-8-10-12/h6,8,11H,3-5,7,9-10,12H2,1-2H3/b8-6+. The Bertz CT molecular complexity index is 106. The minimum Gasteiger partial charge on any atom is -0.327 e. The van der Waals surface area contributed by atoms with Crippen LogP contribution >= 0.6 is 0 Å². The van der Waals surface area contributed by atoms with Gasteiger partial charge in [-0.25, -0.2) is 0 Å². The molecule has 0 radical (unpaired) electrons. The van der Waals surface area contributed by atoms with E-state index in [1.165, 1.54) is 32.1 Å². The molecular formula is C11H23N. The first-order chi connectivity index (χ1) is 5.77. The number of unbranched alkanes of at least 4 members (excludes halogenated alkanes) is 3. The van der Waals surface area contributed by atoms with Crippen molar-refractivity contribution in [1.29, 1.82) is 0 Å². The SMILES string of the molecule is CC(C)CCCCC/C=C/CN.